The standard InChI is InChI=1S/C9H6N4.C9H7N3O2/c10-4-8-5-12-13(7-8)9-2-1-3-11-6-9;13-9(14)7-4-11-12(6-7)8-2-1-3-10-5-8/h1-3,5-7H;1-6H,(H,13,14). The van der Waals surface area contributed by atoms with Gasteiger partial charge in [0.05, 0.1) is 47.3 Å². The summed E-state index contributed by atoms with van der Waals surface area (Å²) in [5.41, 5.74) is 2.29. The van der Waals surface area contributed by atoms with E-state index in [1.54, 1.807) is 47.8 Å². The Labute approximate surface area is 153 Å². The molecule has 0 aliphatic rings. The van der Waals surface area contributed by atoms with Gasteiger partial charge < -0.3 is 5.11 Å². The van der Waals surface area contributed by atoms with E-state index in [9.17, 15) is 4.79 Å². The second-order valence-corrected chi connectivity index (χ2v) is 5.19. The molecular weight excluding hydrogens is 346 g/mol. The largest absolute Gasteiger partial charge is 0.478 e. The minimum absolute atomic E-state index is 0.161. The van der Waals surface area contributed by atoms with E-state index in [0.717, 1.165) is 11.4 Å². The summed E-state index contributed by atoms with van der Waals surface area (Å²) in [7, 11) is 0. The van der Waals surface area contributed by atoms with Crippen LogP contribution in [0.5, 0.6) is 0 Å². The number of hydrogen-bond donors (Lipinski definition) is 1. The van der Waals surface area contributed by atoms with Crippen LogP contribution in [0.25, 0.3) is 11.4 Å². The predicted molar refractivity (Wildman–Crippen MR) is 94.4 cm³/mol. The maximum absolute atomic E-state index is 10.6. The van der Waals surface area contributed by atoms with Gasteiger partial charge >= 0.3 is 5.97 Å². The van der Waals surface area contributed by atoms with Crippen LogP contribution in [0.2, 0.25) is 0 Å². The first-order valence-corrected chi connectivity index (χ1v) is 7.71. The molecule has 4 rings (SSSR count). The zero-order valence-corrected chi connectivity index (χ0v) is 13.9. The van der Waals surface area contributed by atoms with Crippen molar-refractivity contribution >= 4 is 5.97 Å². The van der Waals surface area contributed by atoms with Gasteiger partial charge in [0.2, 0.25) is 0 Å². The Kier molecular flexibility index (Phi) is 5.30. The van der Waals surface area contributed by atoms with Crippen LogP contribution < -0.4 is 0 Å². The van der Waals surface area contributed by atoms with Gasteiger partial charge in [-0.2, -0.15) is 15.5 Å². The van der Waals surface area contributed by atoms with Crippen molar-refractivity contribution in [3.63, 3.8) is 0 Å². The van der Waals surface area contributed by atoms with Crippen LogP contribution in [0.4, 0.5) is 0 Å². The SMILES string of the molecule is N#Cc1cnn(-c2cccnc2)c1.O=C(O)c1cnn(-c2cccnc2)c1. The molecule has 1 N–H and O–H groups in total. The second-order valence-electron chi connectivity index (χ2n) is 5.19. The summed E-state index contributed by atoms with van der Waals surface area (Å²) in [6.07, 6.45) is 12.6. The Bertz CT molecular complexity index is 1070. The van der Waals surface area contributed by atoms with E-state index in [4.69, 9.17) is 10.4 Å². The van der Waals surface area contributed by atoms with Crippen LogP contribution in [0.1, 0.15) is 15.9 Å². The number of aromatic carboxylic acids is 1. The van der Waals surface area contributed by atoms with E-state index in [2.05, 4.69) is 20.2 Å². The highest BCUT2D eigenvalue weighted by Crippen LogP contribution is 2.06. The van der Waals surface area contributed by atoms with Crippen molar-refractivity contribution in [2.24, 2.45) is 0 Å². The molecule has 4 aromatic heterocycles. The first kappa shape index (κ1) is 17.5. The van der Waals surface area contributed by atoms with Crippen LogP contribution >= 0.6 is 0 Å². The molecule has 0 aromatic carbocycles. The topological polar surface area (TPSA) is 123 Å². The van der Waals surface area contributed by atoms with Gasteiger partial charge in [-0.05, 0) is 24.3 Å². The summed E-state index contributed by atoms with van der Waals surface area (Å²) >= 11 is 0. The molecule has 4 aromatic rings. The molecule has 0 aliphatic heterocycles. The zero-order valence-electron chi connectivity index (χ0n) is 13.9. The van der Waals surface area contributed by atoms with Gasteiger partial charge in [0.25, 0.3) is 0 Å². The van der Waals surface area contributed by atoms with Gasteiger partial charge in [-0.25, -0.2) is 14.2 Å². The molecule has 0 spiro atoms. The number of carbonyl (C=O) groups is 1. The average molecular weight is 359 g/mol. The number of carboxylic acid groups (broad SMARTS) is 1. The van der Waals surface area contributed by atoms with Crippen molar-refractivity contribution in [3.8, 4) is 17.4 Å². The van der Waals surface area contributed by atoms with Crippen molar-refractivity contribution < 1.29 is 9.90 Å². The lowest BCUT2D eigenvalue weighted by Crippen LogP contribution is -1.95. The lowest BCUT2D eigenvalue weighted by Gasteiger charge is -1.97. The lowest BCUT2D eigenvalue weighted by molar-refractivity contribution is 0.0697. The Morgan fingerprint density at radius 2 is 1.52 bits per heavy atom. The molecule has 132 valence electrons. The fraction of sp³-hybridized carbons (Fsp3) is 0. The number of pyridine rings is 2. The smallest absolute Gasteiger partial charge is 0.338 e. The van der Waals surface area contributed by atoms with Gasteiger partial charge in [-0.15, -0.1) is 0 Å². The summed E-state index contributed by atoms with van der Waals surface area (Å²) in [6.45, 7) is 0. The average Bonchev–Trinajstić information content (AvgIpc) is 3.40. The normalized spacial score (nSPS) is 9.74. The molecule has 0 atom stereocenters. The van der Waals surface area contributed by atoms with Crippen LogP contribution in [-0.2, 0) is 0 Å². The fourth-order valence-electron chi connectivity index (χ4n) is 2.07. The van der Waals surface area contributed by atoms with Gasteiger partial charge in [-0.3, -0.25) is 9.97 Å². The molecule has 27 heavy (non-hydrogen) atoms. The van der Waals surface area contributed by atoms with Crippen molar-refractivity contribution in [2.75, 3.05) is 0 Å². The molecular formula is C18H13N7O2. The van der Waals surface area contributed by atoms with Crippen molar-refractivity contribution in [2.45, 2.75) is 0 Å². The van der Waals surface area contributed by atoms with Crippen molar-refractivity contribution in [1.82, 2.24) is 29.5 Å². The molecule has 0 radical (unpaired) electrons. The fourth-order valence-corrected chi connectivity index (χ4v) is 2.07. The summed E-state index contributed by atoms with van der Waals surface area (Å²) in [6, 6.07) is 9.27. The maximum atomic E-state index is 10.6. The quantitative estimate of drug-likeness (QED) is 0.594. The van der Waals surface area contributed by atoms with Gasteiger partial charge in [0.1, 0.15) is 6.07 Å². The first-order valence-electron chi connectivity index (χ1n) is 7.71. The summed E-state index contributed by atoms with van der Waals surface area (Å²) in [4.78, 5) is 18.4. The van der Waals surface area contributed by atoms with Crippen LogP contribution in [0.15, 0.2) is 73.8 Å². The highest BCUT2D eigenvalue weighted by atomic mass is 16.4. The third-order valence-corrected chi connectivity index (χ3v) is 3.36. The van der Waals surface area contributed by atoms with E-state index < -0.39 is 5.97 Å². The monoisotopic (exact) mass is 359 g/mol. The Morgan fingerprint density at radius 3 is 1.96 bits per heavy atom. The Hall–Kier alpha value is -4.32. The third kappa shape index (κ3) is 4.40. The van der Waals surface area contributed by atoms with Gasteiger partial charge in [-0.1, -0.05) is 0 Å². The summed E-state index contributed by atoms with van der Waals surface area (Å²) in [5, 5.41) is 25.2. The second kappa shape index (κ2) is 8.17. The number of nitriles is 1. The van der Waals surface area contributed by atoms with E-state index in [1.807, 2.05) is 18.2 Å². The molecule has 0 saturated heterocycles. The number of carboxylic acids is 1. The van der Waals surface area contributed by atoms with Crippen LogP contribution in [0, 0.1) is 11.3 Å². The van der Waals surface area contributed by atoms with E-state index in [-0.39, 0.29) is 5.56 Å². The van der Waals surface area contributed by atoms with Gasteiger partial charge in [0.15, 0.2) is 0 Å². The van der Waals surface area contributed by atoms with Crippen LogP contribution in [0.3, 0.4) is 0 Å². The zero-order chi connectivity index (χ0) is 19.1. The van der Waals surface area contributed by atoms with E-state index >= 15 is 0 Å². The Balaban J connectivity index is 0.000000156. The summed E-state index contributed by atoms with van der Waals surface area (Å²) < 4.78 is 3.09. The number of nitrogens with zero attached hydrogens (tertiary/aromatic N) is 7. The summed E-state index contributed by atoms with van der Waals surface area (Å²) in [5.74, 6) is -0.986. The molecule has 0 bridgehead atoms. The highest BCUT2D eigenvalue weighted by molar-refractivity contribution is 5.86. The third-order valence-electron chi connectivity index (χ3n) is 3.36. The Morgan fingerprint density at radius 1 is 0.926 bits per heavy atom. The number of rotatable bonds is 3. The molecule has 9 nitrogen and oxygen atoms in total. The number of aromatic nitrogens is 6. The van der Waals surface area contributed by atoms with Crippen molar-refractivity contribution in [1.29, 1.82) is 5.26 Å². The van der Waals surface area contributed by atoms with E-state index in [1.165, 1.54) is 23.3 Å². The van der Waals surface area contributed by atoms with E-state index in [0.29, 0.717) is 5.56 Å². The molecule has 0 saturated carbocycles. The molecule has 0 aliphatic carbocycles. The lowest BCUT2D eigenvalue weighted by atomic mass is 10.4. The molecule has 0 fully saturated rings. The minimum atomic E-state index is -0.986. The highest BCUT2D eigenvalue weighted by Gasteiger charge is 2.06. The molecule has 0 amide bonds. The minimum Gasteiger partial charge on any atom is -0.478 e. The molecule has 9 heteroatoms. The first-order chi connectivity index (χ1) is 13.2. The molecule has 4 heterocycles. The maximum Gasteiger partial charge on any atom is 0.338 e. The van der Waals surface area contributed by atoms with Gasteiger partial charge in [0, 0.05) is 24.8 Å². The number of hydrogen-bond acceptors (Lipinski definition) is 6. The van der Waals surface area contributed by atoms with Crippen molar-refractivity contribution in [3.05, 3.63) is 85.0 Å². The van der Waals surface area contributed by atoms with Crippen LogP contribution in [-0.4, -0.2) is 40.6 Å². The molecule has 0 unspecified atom stereocenters. The predicted octanol–water partition coefficient (Wildman–Crippen LogP) is 2.10.